The Morgan fingerprint density at radius 3 is 2.89 bits per heavy atom. The van der Waals surface area contributed by atoms with Crippen LogP contribution in [0.2, 0.25) is 0 Å². The first-order valence-corrected chi connectivity index (χ1v) is 7.36. The van der Waals surface area contributed by atoms with Crippen LogP contribution in [-0.4, -0.2) is 21.7 Å². The lowest BCUT2D eigenvalue weighted by atomic mass is 10.2. The molecule has 0 N–H and O–H groups in total. The third-order valence-electron chi connectivity index (χ3n) is 2.88. The quantitative estimate of drug-likeness (QED) is 0.564. The van der Waals surface area contributed by atoms with Crippen LogP contribution in [0.15, 0.2) is 36.5 Å². The number of methoxy groups -OCH3 is 1. The summed E-state index contributed by atoms with van der Waals surface area (Å²) < 4.78 is 8.14. The number of ether oxygens (including phenoxy) is 1. The predicted molar refractivity (Wildman–Crippen MR) is 78.2 cm³/mol. The highest BCUT2D eigenvalue weighted by Crippen LogP contribution is 2.34. The molecule has 4 aromatic rings. The van der Waals surface area contributed by atoms with E-state index in [0.29, 0.717) is 5.19 Å². The Morgan fingerprint density at radius 1 is 1.21 bits per heavy atom. The Balaban J connectivity index is 1.86. The summed E-state index contributed by atoms with van der Waals surface area (Å²) in [6.45, 7) is 0. The Morgan fingerprint density at radius 2 is 2.11 bits per heavy atom. The number of rotatable bonds is 2. The van der Waals surface area contributed by atoms with Crippen LogP contribution in [0.1, 0.15) is 0 Å². The Bertz CT molecular complexity index is 810. The molecule has 0 amide bonds. The first-order valence-electron chi connectivity index (χ1n) is 5.72. The summed E-state index contributed by atoms with van der Waals surface area (Å²) in [5, 5.41) is 6.17. The molecule has 3 heterocycles. The van der Waals surface area contributed by atoms with Gasteiger partial charge in [0.1, 0.15) is 5.69 Å². The van der Waals surface area contributed by atoms with Gasteiger partial charge >= 0.3 is 0 Å². The van der Waals surface area contributed by atoms with Crippen LogP contribution >= 0.6 is 22.7 Å². The van der Waals surface area contributed by atoms with Crippen molar-refractivity contribution < 1.29 is 4.74 Å². The van der Waals surface area contributed by atoms with Crippen LogP contribution in [0.5, 0.6) is 5.19 Å². The van der Waals surface area contributed by atoms with Crippen molar-refractivity contribution in [2.75, 3.05) is 7.11 Å². The van der Waals surface area contributed by atoms with E-state index in [1.807, 2.05) is 6.20 Å². The average Bonchev–Trinajstić information content (AvgIpc) is 3.09. The monoisotopic (exact) mass is 287 g/mol. The molecule has 19 heavy (non-hydrogen) atoms. The summed E-state index contributed by atoms with van der Waals surface area (Å²) in [5.74, 6) is 0. The van der Waals surface area contributed by atoms with Gasteiger partial charge in [0.25, 0.3) is 5.19 Å². The second-order valence-electron chi connectivity index (χ2n) is 4.07. The second kappa shape index (κ2) is 4.04. The van der Waals surface area contributed by atoms with Crippen molar-refractivity contribution in [3.8, 4) is 15.8 Å². The summed E-state index contributed by atoms with van der Waals surface area (Å²) >= 11 is 3.19. The zero-order valence-electron chi connectivity index (χ0n) is 10.0. The van der Waals surface area contributed by atoms with E-state index in [-0.39, 0.29) is 0 Å². The summed E-state index contributed by atoms with van der Waals surface area (Å²) in [7, 11) is 1.62. The lowest BCUT2D eigenvalue weighted by Crippen LogP contribution is -1.83. The highest BCUT2D eigenvalue weighted by atomic mass is 32.1. The van der Waals surface area contributed by atoms with Crippen LogP contribution in [0, 0.1) is 0 Å². The first-order chi connectivity index (χ1) is 9.33. The van der Waals surface area contributed by atoms with E-state index >= 15 is 0 Å². The molecule has 94 valence electrons. The van der Waals surface area contributed by atoms with Gasteiger partial charge < -0.3 is 4.74 Å². The minimum absolute atomic E-state index is 0.630. The number of hydrogen-bond donors (Lipinski definition) is 0. The van der Waals surface area contributed by atoms with Crippen molar-refractivity contribution in [3.63, 3.8) is 0 Å². The van der Waals surface area contributed by atoms with Gasteiger partial charge in [0.2, 0.25) is 4.96 Å². The van der Waals surface area contributed by atoms with Gasteiger partial charge in [-0.3, -0.25) is 0 Å². The summed E-state index contributed by atoms with van der Waals surface area (Å²) in [6, 6.07) is 10.5. The van der Waals surface area contributed by atoms with E-state index in [0.717, 1.165) is 15.5 Å². The third kappa shape index (κ3) is 1.72. The van der Waals surface area contributed by atoms with Crippen LogP contribution in [0.3, 0.4) is 0 Å². The van der Waals surface area contributed by atoms with E-state index < -0.39 is 0 Å². The Kier molecular flexibility index (Phi) is 2.33. The summed E-state index contributed by atoms with van der Waals surface area (Å²) in [5.41, 5.74) is 0.961. The molecule has 4 nitrogen and oxygen atoms in total. The van der Waals surface area contributed by atoms with Crippen LogP contribution < -0.4 is 4.74 Å². The normalized spacial score (nSPS) is 11.4. The number of thiophene rings is 1. The smallest absolute Gasteiger partial charge is 0.294 e. The lowest BCUT2D eigenvalue weighted by Gasteiger charge is -1.88. The van der Waals surface area contributed by atoms with Crippen molar-refractivity contribution in [1.82, 2.24) is 14.6 Å². The minimum atomic E-state index is 0.630. The van der Waals surface area contributed by atoms with Gasteiger partial charge in [-0.25, -0.2) is 9.50 Å². The topological polar surface area (TPSA) is 39.4 Å². The number of imidazole rings is 1. The molecule has 0 aliphatic heterocycles. The number of benzene rings is 1. The summed E-state index contributed by atoms with van der Waals surface area (Å²) in [4.78, 5) is 6.61. The highest BCUT2D eigenvalue weighted by molar-refractivity contribution is 7.22. The number of hydrogen-bond acceptors (Lipinski definition) is 5. The van der Waals surface area contributed by atoms with Crippen molar-refractivity contribution in [1.29, 1.82) is 0 Å². The van der Waals surface area contributed by atoms with E-state index in [9.17, 15) is 0 Å². The van der Waals surface area contributed by atoms with Gasteiger partial charge in [0.15, 0.2) is 0 Å². The number of aromatic nitrogens is 3. The molecule has 0 saturated heterocycles. The molecule has 0 radical (unpaired) electrons. The fraction of sp³-hybridized carbons (Fsp3) is 0.0769. The van der Waals surface area contributed by atoms with Crippen LogP contribution in [-0.2, 0) is 0 Å². The summed E-state index contributed by atoms with van der Waals surface area (Å²) in [6.07, 6.45) is 1.94. The Hall–Kier alpha value is -1.92. The SMILES string of the molecule is COc1nn2cc(-c3cc4ccccc4s3)nc2s1. The van der Waals surface area contributed by atoms with E-state index in [1.54, 1.807) is 23.0 Å². The second-order valence-corrected chi connectivity index (χ2v) is 6.08. The van der Waals surface area contributed by atoms with Crippen molar-refractivity contribution in [3.05, 3.63) is 36.5 Å². The number of fused-ring (bicyclic) bond motifs is 2. The van der Waals surface area contributed by atoms with Gasteiger partial charge in [0, 0.05) is 4.70 Å². The van der Waals surface area contributed by atoms with Crippen LogP contribution in [0.4, 0.5) is 0 Å². The molecule has 0 fully saturated rings. The molecule has 0 aliphatic rings. The van der Waals surface area contributed by atoms with E-state index in [2.05, 4.69) is 40.4 Å². The van der Waals surface area contributed by atoms with Gasteiger partial charge in [-0.1, -0.05) is 18.2 Å². The molecule has 0 atom stereocenters. The van der Waals surface area contributed by atoms with Gasteiger partial charge in [-0.2, -0.15) is 0 Å². The molecule has 6 heteroatoms. The minimum Gasteiger partial charge on any atom is -0.472 e. The molecule has 1 aromatic carbocycles. The lowest BCUT2D eigenvalue weighted by molar-refractivity contribution is 0.405. The third-order valence-corrected chi connectivity index (χ3v) is 4.90. The van der Waals surface area contributed by atoms with Crippen molar-refractivity contribution in [2.24, 2.45) is 0 Å². The zero-order valence-corrected chi connectivity index (χ0v) is 11.7. The molecule has 4 rings (SSSR count). The standard InChI is InChI=1S/C13H9N3OS2/c1-17-13-15-16-7-9(14-12(16)19-13)11-6-8-4-2-3-5-10(8)18-11/h2-7H,1H3. The average molecular weight is 287 g/mol. The fourth-order valence-electron chi connectivity index (χ4n) is 1.99. The van der Waals surface area contributed by atoms with Gasteiger partial charge in [-0.15, -0.1) is 16.4 Å². The molecule has 0 saturated carbocycles. The van der Waals surface area contributed by atoms with E-state index in [4.69, 9.17) is 4.74 Å². The van der Waals surface area contributed by atoms with Gasteiger partial charge in [0.05, 0.1) is 18.2 Å². The molecule has 0 unspecified atom stereocenters. The maximum Gasteiger partial charge on any atom is 0.294 e. The molecular formula is C13H9N3OS2. The zero-order chi connectivity index (χ0) is 12.8. The van der Waals surface area contributed by atoms with Crippen molar-refractivity contribution >= 4 is 37.7 Å². The van der Waals surface area contributed by atoms with E-state index in [1.165, 1.54) is 21.4 Å². The van der Waals surface area contributed by atoms with Crippen molar-refractivity contribution in [2.45, 2.75) is 0 Å². The fourth-order valence-corrected chi connectivity index (χ4v) is 3.71. The largest absolute Gasteiger partial charge is 0.472 e. The highest BCUT2D eigenvalue weighted by Gasteiger charge is 2.11. The Labute approximate surface area is 116 Å². The molecule has 3 aromatic heterocycles. The molecule has 0 aliphatic carbocycles. The van der Waals surface area contributed by atoms with Gasteiger partial charge in [-0.05, 0) is 28.9 Å². The predicted octanol–water partition coefficient (Wildman–Crippen LogP) is 3.68. The molecule has 0 spiro atoms. The molecular weight excluding hydrogens is 278 g/mol. The maximum absolute atomic E-state index is 5.10. The number of nitrogens with zero attached hydrogens (tertiary/aromatic N) is 3. The molecule has 0 bridgehead atoms. The first kappa shape index (κ1) is 11.0. The van der Waals surface area contributed by atoms with Crippen LogP contribution in [0.25, 0.3) is 25.6 Å². The maximum atomic E-state index is 5.10.